The Bertz CT molecular complexity index is 411. The standard InChI is InChI=1S/4C7H14O2.Ti/c4*1-2-3-4-5-6-7(8)9;/h4*2-6H2,1H3,(H,8,9);/q;;;;+4/p-4. The molecule has 0 saturated carbocycles. The fourth-order valence-corrected chi connectivity index (χ4v) is 2.78. The van der Waals surface area contributed by atoms with Gasteiger partial charge in [0, 0.05) is 23.9 Å². The molecule has 0 saturated heterocycles. The monoisotopic (exact) mass is 564 g/mol. The molecule has 0 N–H and O–H groups in total. The van der Waals surface area contributed by atoms with Crippen LogP contribution in [0.25, 0.3) is 0 Å². The topological polar surface area (TPSA) is 161 Å². The zero-order chi connectivity index (χ0) is 28.5. The molecule has 0 heterocycles. The van der Waals surface area contributed by atoms with Crippen LogP contribution in [0.15, 0.2) is 0 Å². The van der Waals surface area contributed by atoms with Crippen LogP contribution in [0.2, 0.25) is 0 Å². The van der Waals surface area contributed by atoms with Crippen molar-refractivity contribution < 1.29 is 61.3 Å². The van der Waals surface area contributed by atoms with E-state index in [1.54, 1.807) is 0 Å². The minimum absolute atomic E-state index is 0. The van der Waals surface area contributed by atoms with Crippen LogP contribution >= 0.6 is 0 Å². The Morgan fingerprint density at radius 3 is 0.622 bits per heavy atom. The van der Waals surface area contributed by atoms with Crippen molar-refractivity contribution in [3.8, 4) is 0 Å². The maximum absolute atomic E-state index is 9.85. The van der Waals surface area contributed by atoms with Crippen molar-refractivity contribution in [2.24, 2.45) is 0 Å². The Balaban J connectivity index is -0.000000122. The third-order valence-electron chi connectivity index (χ3n) is 4.94. The molecule has 0 aromatic rings. The molecular formula is C28H52O8Ti. The molecule has 0 spiro atoms. The normalized spacial score (nSPS) is 9.19. The van der Waals surface area contributed by atoms with Gasteiger partial charge >= 0.3 is 21.7 Å². The van der Waals surface area contributed by atoms with Gasteiger partial charge in [-0.1, -0.05) is 105 Å². The van der Waals surface area contributed by atoms with Gasteiger partial charge in [-0.05, 0) is 51.4 Å². The third kappa shape index (κ3) is 72.0. The Hall–Kier alpha value is -1.41. The van der Waals surface area contributed by atoms with E-state index >= 15 is 0 Å². The van der Waals surface area contributed by atoms with Crippen molar-refractivity contribution in [3.63, 3.8) is 0 Å². The summed E-state index contributed by atoms with van der Waals surface area (Å²) in [7, 11) is 0. The predicted octanol–water partition coefficient (Wildman–Crippen LogP) is 2.82. The van der Waals surface area contributed by atoms with E-state index in [2.05, 4.69) is 27.7 Å². The van der Waals surface area contributed by atoms with E-state index in [1.807, 2.05) is 0 Å². The van der Waals surface area contributed by atoms with Gasteiger partial charge in [-0.25, -0.2) is 0 Å². The van der Waals surface area contributed by atoms with Crippen LogP contribution in [0.3, 0.4) is 0 Å². The molecule has 9 heteroatoms. The van der Waals surface area contributed by atoms with E-state index in [1.165, 1.54) is 0 Å². The summed E-state index contributed by atoms with van der Waals surface area (Å²) in [5.74, 6) is -3.70. The van der Waals surface area contributed by atoms with Crippen LogP contribution in [-0.2, 0) is 40.9 Å². The number of unbranched alkanes of at least 4 members (excludes halogenated alkanes) is 12. The van der Waals surface area contributed by atoms with Crippen LogP contribution in [0.4, 0.5) is 0 Å². The van der Waals surface area contributed by atoms with Gasteiger partial charge in [-0.2, -0.15) is 0 Å². The number of aliphatic carboxylic acids is 4. The first-order chi connectivity index (χ1) is 17.1. The summed E-state index contributed by atoms with van der Waals surface area (Å²) in [6.07, 6.45) is 17.2. The quantitative estimate of drug-likeness (QED) is 0.161. The first kappa shape index (κ1) is 45.5. The van der Waals surface area contributed by atoms with Gasteiger partial charge < -0.3 is 39.6 Å². The average molecular weight is 565 g/mol. The van der Waals surface area contributed by atoms with E-state index < -0.39 is 23.9 Å². The average Bonchev–Trinajstić information content (AvgIpc) is 2.81. The van der Waals surface area contributed by atoms with E-state index in [4.69, 9.17) is 0 Å². The minimum atomic E-state index is -0.925. The molecule has 0 bridgehead atoms. The second-order valence-electron chi connectivity index (χ2n) is 8.73. The molecule has 0 aliphatic heterocycles. The minimum Gasteiger partial charge on any atom is -0.550 e. The van der Waals surface area contributed by atoms with Crippen molar-refractivity contribution in [2.75, 3.05) is 0 Å². The molecule has 8 nitrogen and oxygen atoms in total. The molecule has 37 heavy (non-hydrogen) atoms. The van der Waals surface area contributed by atoms with Crippen LogP contribution in [0, 0.1) is 0 Å². The van der Waals surface area contributed by atoms with Crippen molar-refractivity contribution in [2.45, 2.75) is 156 Å². The molecule has 0 aromatic heterocycles. The molecule has 0 atom stereocenters. The van der Waals surface area contributed by atoms with Crippen molar-refractivity contribution in [3.05, 3.63) is 0 Å². The fourth-order valence-electron chi connectivity index (χ4n) is 2.78. The van der Waals surface area contributed by atoms with Gasteiger partial charge in [-0.15, -0.1) is 0 Å². The Labute approximate surface area is 240 Å². The number of carbonyl (C=O) groups excluding carboxylic acids is 4. The summed E-state index contributed by atoms with van der Waals surface area (Å²) in [4.78, 5) is 39.4. The molecule has 0 radical (unpaired) electrons. The summed E-state index contributed by atoms with van der Waals surface area (Å²) in [6, 6.07) is 0. The SMILES string of the molecule is CCCCCCC(=O)[O-].CCCCCCC(=O)[O-].CCCCCCC(=O)[O-].CCCCCCC(=O)[O-].[Ti+4]. The molecule has 0 aromatic carbocycles. The van der Waals surface area contributed by atoms with Gasteiger partial charge in [0.2, 0.25) is 0 Å². The zero-order valence-electron chi connectivity index (χ0n) is 23.9. The second-order valence-corrected chi connectivity index (χ2v) is 8.73. The smallest absolute Gasteiger partial charge is 0.550 e. The first-order valence-corrected chi connectivity index (χ1v) is 13.9. The molecule has 0 fully saturated rings. The summed E-state index contributed by atoms with van der Waals surface area (Å²) < 4.78 is 0. The van der Waals surface area contributed by atoms with Crippen LogP contribution in [-0.4, -0.2) is 23.9 Å². The number of carboxylic acids is 4. The van der Waals surface area contributed by atoms with Crippen LogP contribution in [0.5, 0.6) is 0 Å². The van der Waals surface area contributed by atoms with Gasteiger partial charge in [0.15, 0.2) is 0 Å². The summed E-state index contributed by atoms with van der Waals surface area (Å²) in [6.45, 7) is 8.38. The van der Waals surface area contributed by atoms with E-state index in [-0.39, 0.29) is 47.4 Å². The van der Waals surface area contributed by atoms with Crippen molar-refractivity contribution in [1.29, 1.82) is 0 Å². The zero-order valence-corrected chi connectivity index (χ0v) is 25.5. The largest absolute Gasteiger partial charge is 4.00 e. The predicted molar refractivity (Wildman–Crippen MR) is 135 cm³/mol. The maximum atomic E-state index is 9.85. The summed E-state index contributed by atoms with van der Waals surface area (Å²) in [5.41, 5.74) is 0. The molecular weight excluding hydrogens is 512 g/mol. The molecule has 0 aliphatic carbocycles. The van der Waals surface area contributed by atoms with Gasteiger partial charge in [-0.3, -0.25) is 0 Å². The Morgan fingerprint density at radius 1 is 0.351 bits per heavy atom. The molecule has 216 valence electrons. The van der Waals surface area contributed by atoms with Gasteiger partial charge in [0.05, 0.1) is 0 Å². The Morgan fingerprint density at radius 2 is 0.514 bits per heavy atom. The van der Waals surface area contributed by atoms with Gasteiger partial charge in [0.25, 0.3) is 0 Å². The number of rotatable bonds is 20. The second kappa shape index (κ2) is 41.7. The van der Waals surface area contributed by atoms with E-state index in [9.17, 15) is 39.6 Å². The molecule has 0 unspecified atom stereocenters. The number of hydrogen-bond acceptors (Lipinski definition) is 8. The Kier molecular flexibility index (Phi) is 51.3. The summed E-state index contributed by atoms with van der Waals surface area (Å²) >= 11 is 0. The van der Waals surface area contributed by atoms with E-state index in [0.29, 0.717) is 0 Å². The third-order valence-corrected chi connectivity index (χ3v) is 4.94. The van der Waals surface area contributed by atoms with Crippen LogP contribution in [0.1, 0.15) is 156 Å². The summed E-state index contributed by atoms with van der Waals surface area (Å²) in [5, 5.41) is 39.4. The fraction of sp³-hybridized carbons (Fsp3) is 0.857. The first-order valence-electron chi connectivity index (χ1n) is 13.9. The van der Waals surface area contributed by atoms with Crippen molar-refractivity contribution in [1.82, 2.24) is 0 Å². The number of hydrogen-bond donors (Lipinski definition) is 0. The maximum Gasteiger partial charge on any atom is 4.00 e. The molecule has 0 amide bonds. The molecule has 0 aliphatic rings. The number of carbonyl (C=O) groups is 4. The van der Waals surface area contributed by atoms with Gasteiger partial charge in [0.1, 0.15) is 0 Å². The number of carboxylic acid groups (broad SMARTS) is 4. The molecule has 0 rings (SSSR count). The van der Waals surface area contributed by atoms with Crippen molar-refractivity contribution >= 4 is 23.9 Å². The van der Waals surface area contributed by atoms with Crippen LogP contribution < -0.4 is 20.4 Å². The van der Waals surface area contributed by atoms with E-state index in [0.717, 1.165) is 103 Å².